The van der Waals surface area contributed by atoms with Crippen molar-refractivity contribution in [2.45, 2.75) is 6.10 Å². The number of carbonyl (C=O) groups excluding carboxylic acids is 1. The number of pyridine rings is 2. The molecule has 0 aliphatic carbocycles. The molecule has 0 saturated carbocycles. The van der Waals surface area contributed by atoms with Crippen molar-refractivity contribution < 1.29 is 18.7 Å². The van der Waals surface area contributed by atoms with Gasteiger partial charge in [0.2, 0.25) is 5.88 Å². The van der Waals surface area contributed by atoms with E-state index in [1.807, 2.05) is 17.0 Å². The Labute approximate surface area is 201 Å². The van der Waals surface area contributed by atoms with Crippen LogP contribution in [0.1, 0.15) is 5.56 Å². The SMILES string of the molecule is N#Cc1ccc(N2CCN(c3ccc(N4C[C@H](COc5ccccn5)OC4=O)cc3F)CC2)nc1. The topological polar surface area (TPSA) is 94.8 Å². The molecule has 0 N–H and O–H groups in total. The first-order valence-corrected chi connectivity index (χ1v) is 11.3. The zero-order chi connectivity index (χ0) is 24.2. The number of carbonyl (C=O) groups is 1. The smallest absolute Gasteiger partial charge is 0.414 e. The second-order valence-electron chi connectivity index (χ2n) is 8.22. The van der Waals surface area contributed by atoms with Gasteiger partial charge in [-0.05, 0) is 36.4 Å². The third kappa shape index (κ3) is 4.94. The molecule has 10 heteroatoms. The third-order valence-corrected chi connectivity index (χ3v) is 5.99. The molecular formula is C25H23FN6O3. The van der Waals surface area contributed by atoms with Crippen LogP contribution in [-0.2, 0) is 4.74 Å². The standard InChI is InChI=1S/C25H23FN6O3/c26-21-13-19(32-16-20(35-25(32)33)17-34-24-3-1-2-8-28-24)5-6-22(21)30-9-11-31(12-10-30)23-7-4-18(14-27)15-29-23/h1-8,13,15,20H,9-12,16-17H2/t20-/m1/s1. The summed E-state index contributed by atoms with van der Waals surface area (Å²) < 4.78 is 26.0. The Balaban J connectivity index is 1.19. The lowest BCUT2D eigenvalue weighted by molar-refractivity contribution is 0.103. The molecule has 1 atom stereocenters. The van der Waals surface area contributed by atoms with Crippen molar-refractivity contribution in [3.05, 3.63) is 72.3 Å². The molecule has 2 fully saturated rings. The first-order valence-electron chi connectivity index (χ1n) is 11.3. The number of hydrogen-bond acceptors (Lipinski definition) is 8. The number of cyclic esters (lactones) is 1. The van der Waals surface area contributed by atoms with Gasteiger partial charge >= 0.3 is 6.09 Å². The van der Waals surface area contributed by atoms with Crippen molar-refractivity contribution in [1.29, 1.82) is 5.26 Å². The highest BCUT2D eigenvalue weighted by molar-refractivity contribution is 5.90. The molecule has 1 amide bonds. The monoisotopic (exact) mass is 474 g/mol. The number of aromatic nitrogens is 2. The van der Waals surface area contributed by atoms with E-state index in [2.05, 4.69) is 20.9 Å². The summed E-state index contributed by atoms with van der Waals surface area (Å²) in [4.78, 5) is 26.3. The van der Waals surface area contributed by atoms with Crippen LogP contribution in [0.2, 0.25) is 0 Å². The van der Waals surface area contributed by atoms with E-state index < -0.39 is 18.0 Å². The molecule has 2 saturated heterocycles. The zero-order valence-corrected chi connectivity index (χ0v) is 18.9. The van der Waals surface area contributed by atoms with Gasteiger partial charge in [0.1, 0.15) is 24.3 Å². The molecule has 1 aromatic carbocycles. The van der Waals surface area contributed by atoms with E-state index in [9.17, 15) is 4.79 Å². The van der Waals surface area contributed by atoms with Gasteiger partial charge in [0.15, 0.2) is 6.10 Å². The van der Waals surface area contributed by atoms with Crippen LogP contribution in [0.15, 0.2) is 60.9 Å². The summed E-state index contributed by atoms with van der Waals surface area (Å²) >= 11 is 0. The molecular weight excluding hydrogens is 451 g/mol. The molecule has 2 aromatic heterocycles. The largest absolute Gasteiger partial charge is 0.474 e. The van der Waals surface area contributed by atoms with Crippen LogP contribution in [-0.4, -0.2) is 61.5 Å². The predicted molar refractivity (Wildman–Crippen MR) is 127 cm³/mol. The van der Waals surface area contributed by atoms with E-state index in [1.165, 1.54) is 11.0 Å². The van der Waals surface area contributed by atoms with E-state index in [-0.39, 0.29) is 13.2 Å². The molecule has 0 unspecified atom stereocenters. The summed E-state index contributed by atoms with van der Waals surface area (Å²) in [6, 6.07) is 15.8. The first-order chi connectivity index (χ1) is 17.1. The Morgan fingerprint density at radius 3 is 2.60 bits per heavy atom. The molecule has 2 aliphatic rings. The highest BCUT2D eigenvalue weighted by atomic mass is 19.1. The number of halogens is 1. The molecule has 178 valence electrons. The Morgan fingerprint density at radius 1 is 1.09 bits per heavy atom. The summed E-state index contributed by atoms with van der Waals surface area (Å²) in [6.45, 7) is 3.03. The lowest BCUT2D eigenvalue weighted by Gasteiger charge is -2.37. The number of rotatable bonds is 6. The highest BCUT2D eigenvalue weighted by Gasteiger charge is 2.33. The zero-order valence-electron chi connectivity index (χ0n) is 18.9. The third-order valence-electron chi connectivity index (χ3n) is 5.99. The fourth-order valence-corrected chi connectivity index (χ4v) is 4.17. The maximum Gasteiger partial charge on any atom is 0.414 e. The minimum absolute atomic E-state index is 0.165. The second-order valence-corrected chi connectivity index (χ2v) is 8.22. The Hall–Kier alpha value is -4.39. The maximum atomic E-state index is 15.1. The Kier molecular flexibility index (Phi) is 6.30. The van der Waals surface area contributed by atoms with Gasteiger partial charge in [0.05, 0.1) is 23.5 Å². The molecule has 3 aromatic rings. The Bertz CT molecular complexity index is 1230. The van der Waals surface area contributed by atoms with Crippen LogP contribution in [0.4, 0.5) is 26.4 Å². The van der Waals surface area contributed by atoms with Gasteiger partial charge in [-0.15, -0.1) is 0 Å². The number of piperazine rings is 1. The minimum atomic E-state index is -0.532. The van der Waals surface area contributed by atoms with Gasteiger partial charge in [0.25, 0.3) is 0 Å². The quantitative estimate of drug-likeness (QED) is 0.538. The van der Waals surface area contributed by atoms with Crippen LogP contribution >= 0.6 is 0 Å². The van der Waals surface area contributed by atoms with Crippen molar-refractivity contribution in [3.8, 4) is 11.9 Å². The number of amides is 1. The molecule has 0 bridgehead atoms. The molecule has 0 spiro atoms. The predicted octanol–water partition coefficient (Wildman–Crippen LogP) is 3.22. The highest BCUT2D eigenvalue weighted by Crippen LogP contribution is 2.29. The number of benzene rings is 1. The van der Waals surface area contributed by atoms with Gasteiger partial charge in [-0.2, -0.15) is 5.26 Å². The van der Waals surface area contributed by atoms with Gasteiger partial charge in [-0.3, -0.25) is 4.90 Å². The summed E-state index contributed by atoms with van der Waals surface area (Å²) in [5, 5.41) is 8.93. The van der Waals surface area contributed by atoms with Gasteiger partial charge in [-0.1, -0.05) is 6.07 Å². The molecule has 4 heterocycles. The van der Waals surface area contributed by atoms with Crippen molar-refractivity contribution in [2.75, 3.05) is 54.0 Å². The van der Waals surface area contributed by atoms with Crippen molar-refractivity contribution in [2.24, 2.45) is 0 Å². The average Bonchev–Trinajstić information content (AvgIpc) is 3.28. The van der Waals surface area contributed by atoms with Crippen molar-refractivity contribution >= 4 is 23.3 Å². The van der Waals surface area contributed by atoms with Crippen LogP contribution in [0.25, 0.3) is 0 Å². The average molecular weight is 474 g/mol. The molecule has 2 aliphatic heterocycles. The fraction of sp³-hybridized carbons (Fsp3) is 0.280. The van der Waals surface area contributed by atoms with Gasteiger partial charge in [-0.25, -0.2) is 19.2 Å². The lowest BCUT2D eigenvalue weighted by atomic mass is 10.2. The number of nitriles is 1. The molecule has 9 nitrogen and oxygen atoms in total. The van der Waals surface area contributed by atoms with Crippen LogP contribution in [0.3, 0.4) is 0 Å². The summed E-state index contributed by atoms with van der Waals surface area (Å²) in [6.07, 6.45) is 2.17. The minimum Gasteiger partial charge on any atom is -0.474 e. The summed E-state index contributed by atoms with van der Waals surface area (Å²) in [7, 11) is 0. The number of ether oxygens (including phenoxy) is 2. The molecule has 5 rings (SSSR count). The Morgan fingerprint density at radius 2 is 1.91 bits per heavy atom. The van der Waals surface area contributed by atoms with Crippen LogP contribution < -0.4 is 19.4 Å². The fourth-order valence-electron chi connectivity index (χ4n) is 4.17. The summed E-state index contributed by atoms with van der Waals surface area (Å²) in [5.74, 6) is 0.856. The van der Waals surface area contributed by atoms with E-state index in [0.717, 1.165) is 5.82 Å². The van der Waals surface area contributed by atoms with Gasteiger partial charge < -0.3 is 19.3 Å². The van der Waals surface area contributed by atoms with E-state index in [1.54, 1.807) is 42.7 Å². The van der Waals surface area contributed by atoms with E-state index >= 15 is 4.39 Å². The van der Waals surface area contributed by atoms with Crippen LogP contribution in [0.5, 0.6) is 5.88 Å². The van der Waals surface area contributed by atoms with Crippen molar-refractivity contribution in [3.63, 3.8) is 0 Å². The van der Waals surface area contributed by atoms with Gasteiger partial charge in [0, 0.05) is 44.6 Å². The second kappa shape index (κ2) is 9.85. The summed E-state index contributed by atoms with van der Waals surface area (Å²) in [5.41, 5.74) is 1.45. The van der Waals surface area contributed by atoms with E-state index in [4.69, 9.17) is 14.7 Å². The molecule has 0 radical (unpaired) electrons. The van der Waals surface area contributed by atoms with Crippen molar-refractivity contribution in [1.82, 2.24) is 9.97 Å². The lowest BCUT2D eigenvalue weighted by Crippen LogP contribution is -2.47. The first kappa shape index (κ1) is 22.4. The maximum absolute atomic E-state index is 15.1. The number of nitrogens with zero attached hydrogens (tertiary/aromatic N) is 6. The van der Waals surface area contributed by atoms with E-state index in [0.29, 0.717) is 49.0 Å². The number of anilines is 3. The number of hydrogen-bond donors (Lipinski definition) is 0. The normalized spacial score (nSPS) is 17.8. The molecule has 35 heavy (non-hydrogen) atoms. The van der Waals surface area contributed by atoms with Crippen LogP contribution in [0, 0.1) is 17.1 Å².